The number of barbiturate groups is 1. The van der Waals surface area contributed by atoms with E-state index in [9.17, 15) is 29.1 Å². The number of nitrogens with one attached hydrogen (secondary N) is 2. The predicted octanol–water partition coefficient (Wildman–Crippen LogP) is 1.76. The third-order valence-electron chi connectivity index (χ3n) is 4.88. The Morgan fingerprint density at radius 1 is 0.829 bits per heavy atom. The fraction of sp³-hybridized carbons (Fsp3) is 0. The van der Waals surface area contributed by atoms with Crippen LogP contribution in [0.3, 0.4) is 0 Å². The first-order valence-electron chi connectivity index (χ1n) is 10.1. The van der Waals surface area contributed by atoms with Crippen LogP contribution in [-0.2, 0) is 9.59 Å². The molecule has 3 N–H and O–H groups in total. The van der Waals surface area contributed by atoms with Crippen LogP contribution in [0, 0.1) is 0 Å². The lowest BCUT2D eigenvalue weighted by atomic mass is 10.1. The number of benzene rings is 2. The Bertz CT molecular complexity index is 1590. The number of urea groups is 1. The number of carbonyl (C=O) groups is 3. The quantitative estimate of drug-likeness (QED) is 0.303. The number of anilines is 1. The summed E-state index contributed by atoms with van der Waals surface area (Å²) in [6.07, 6.45) is 3.40. The van der Waals surface area contributed by atoms with Crippen LogP contribution in [0.5, 0.6) is 5.88 Å². The highest BCUT2D eigenvalue weighted by atomic mass is 16.3. The summed E-state index contributed by atoms with van der Waals surface area (Å²) in [5, 5.41) is 12.6. The van der Waals surface area contributed by atoms with Crippen molar-refractivity contribution in [3.63, 3.8) is 0 Å². The van der Waals surface area contributed by atoms with Gasteiger partial charge in [0.1, 0.15) is 11.1 Å². The van der Waals surface area contributed by atoms with Gasteiger partial charge in [-0.25, -0.2) is 19.1 Å². The summed E-state index contributed by atoms with van der Waals surface area (Å²) in [5.74, 6) is -2.30. The molecule has 0 radical (unpaired) electrons. The third-order valence-corrected chi connectivity index (χ3v) is 4.88. The Hall–Kier alpha value is -5.43. The topological polar surface area (TPSA) is 142 Å². The van der Waals surface area contributed by atoms with Crippen LogP contribution in [0.2, 0.25) is 0 Å². The lowest BCUT2D eigenvalue weighted by molar-refractivity contribution is -0.122. The number of amides is 4. The maximum absolute atomic E-state index is 12.7. The summed E-state index contributed by atoms with van der Waals surface area (Å²) < 4.78 is 0.917. The number of aromatic nitrogens is 2. The Labute approximate surface area is 197 Å². The molecule has 0 saturated carbocycles. The second-order valence-corrected chi connectivity index (χ2v) is 7.08. The highest BCUT2D eigenvalue weighted by Crippen LogP contribution is 2.20. The largest absolute Gasteiger partial charge is 0.494 e. The molecule has 1 fully saturated rings. The van der Waals surface area contributed by atoms with Gasteiger partial charge in [-0.05, 0) is 36.4 Å². The molecule has 0 atom stereocenters. The Kier molecular flexibility index (Phi) is 6.24. The van der Waals surface area contributed by atoms with Crippen LogP contribution in [0.15, 0.2) is 99.4 Å². The molecule has 0 aliphatic carbocycles. The van der Waals surface area contributed by atoms with Gasteiger partial charge in [0.15, 0.2) is 0 Å². The van der Waals surface area contributed by atoms with Gasteiger partial charge >= 0.3 is 11.7 Å². The molecule has 1 aliphatic rings. The lowest BCUT2D eigenvalue weighted by Gasteiger charge is -2.26. The Morgan fingerprint density at radius 3 is 2.11 bits per heavy atom. The van der Waals surface area contributed by atoms with Crippen molar-refractivity contribution < 1.29 is 19.5 Å². The molecule has 0 spiro atoms. The molecular formula is C25H16N4O6. The fourth-order valence-electron chi connectivity index (χ4n) is 3.26. The van der Waals surface area contributed by atoms with Crippen molar-refractivity contribution in [2.45, 2.75) is 0 Å². The molecular weight excluding hydrogens is 452 g/mol. The molecule has 10 nitrogen and oxygen atoms in total. The first-order chi connectivity index (χ1) is 16.9. The van der Waals surface area contributed by atoms with E-state index in [0.717, 1.165) is 21.6 Å². The Balaban J connectivity index is 1.67. The van der Waals surface area contributed by atoms with Crippen molar-refractivity contribution in [1.82, 2.24) is 14.9 Å². The molecule has 2 heterocycles. The molecule has 2 aromatic carbocycles. The minimum atomic E-state index is -0.877. The van der Waals surface area contributed by atoms with E-state index in [1.165, 1.54) is 6.08 Å². The van der Waals surface area contributed by atoms with Gasteiger partial charge < -0.3 is 5.11 Å². The second-order valence-electron chi connectivity index (χ2n) is 7.08. The van der Waals surface area contributed by atoms with Crippen LogP contribution in [0.25, 0.3) is 11.8 Å². The van der Waals surface area contributed by atoms with Crippen molar-refractivity contribution in [2.75, 3.05) is 4.90 Å². The SMILES string of the molecule is O=C1NC(=O)N(c2ccccc2)C(=O)C1=CC=C=C=Cc1c(O)n(-c2ccccc2)c(=O)[nH]c1=O. The summed E-state index contributed by atoms with van der Waals surface area (Å²) in [7, 11) is 0. The van der Waals surface area contributed by atoms with Crippen molar-refractivity contribution in [2.24, 2.45) is 0 Å². The average Bonchev–Trinajstić information content (AvgIpc) is 2.83. The molecule has 4 amide bonds. The van der Waals surface area contributed by atoms with Gasteiger partial charge in [0.25, 0.3) is 17.4 Å². The van der Waals surface area contributed by atoms with Crippen LogP contribution >= 0.6 is 0 Å². The molecule has 172 valence electrons. The van der Waals surface area contributed by atoms with Gasteiger partial charge in [-0.3, -0.25) is 24.7 Å². The summed E-state index contributed by atoms with van der Waals surface area (Å²) in [6.45, 7) is 0. The molecule has 1 aliphatic heterocycles. The molecule has 10 heteroatoms. The summed E-state index contributed by atoms with van der Waals surface area (Å²) in [6, 6.07) is 15.4. The van der Waals surface area contributed by atoms with Gasteiger partial charge in [-0.15, -0.1) is 0 Å². The van der Waals surface area contributed by atoms with Crippen LogP contribution in [0.1, 0.15) is 5.56 Å². The lowest BCUT2D eigenvalue weighted by Crippen LogP contribution is -2.54. The number of aromatic amines is 1. The highest BCUT2D eigenvalue weighted by molar-refractivity contribution is 6.37. The van der Waals surface area contributed by atoms with Crippen molar-refractivity contribution in [3.05, 3.63) is 116 Å². The zero-order chi connectivity index (χ0) is 24.9. The first-order valence-corrected chi connectivity index (χ1v) is 10.1. The van der Waals surface area contributed by atoms with Crippen LogP contribution in [-0.4, -0.2) is 32.5 Å². The number of allylic oxidation sites excluding steroid dienone is 2. The van der Waals surface area contributed by atoms with E-state index in [0.29, 0.717) is 5.69 Å². The first kappa shape index (κ1) is 22.8. The van der Waals surface area contributed by atoms with E-state index in [4.69, 9.17) is 0 Å². The zero-order valence-corrected chi connectivity index (χ0v) is 17.9. The molecule has 1 saturated heterocycles. The monoisotopic (exact) mass is 468 g/mol. The number of imide groups is 2. The van der Waals surface area contributed by atoms with E-state index in [1.54, 1.807) is 60.7 Å². The maximum Gasteiger partial charge on any atom is 0.335 e. The number of hydrogen-bond acceptors (Lipinski definition) is 6. The number of carbonyl (C=O) groups excluding carboxylic acids is 3. The molecule has 4 rings (SSSR count). The van der Waals surface area contributed by atoms with Crippen LogP contribution < -0.4 is 21.5 Å². The molecule has 0 unspecified atom stereocenters. The van der Waals surface area contributed by atoms with E-state index >= 15 is 0 Å². The van der Waals surface area contributed by atoms with Gasteiger partial charge in [0, 0.05) is 6.08 Å². The van der Waals surface area contributed by atoms with E-state index in [2.05, 4.69) is 21.8 Å². The smallest absolute Gasteiger partial charge is 0.335 e. The number of para-hydroxylation sites is 2. The number of nitrogens with zero attached hydrogens (tertiary/aromatic N) is 2. The fourth-order valence-corrected chi connectivity index (χ4v) is 3.26. The number of hydrogen-bond donors (Lipinski definition) is 3. The number of rotatable bonds is 4. The summed E-state index contributed by atoms with van der Waals surface area (Å²) >= 11 is 0. The minimum Gasteiger partial charge on any atom is -0.494 e. The maximum atomic E-state index is 12.7. The minimum absolute atomic E-state index is 0.255. The van der Waals surface area contributed by atoms with E-state index in [1.807, 2.05) is 0 Å². The van der Waals surface area contributed by atoms with E-state index < -0.39 is 35.0 Å². The van der Waals surface area contributed by atoms with Crippen LogP contribution in [0.4, 0.5) is 10.5 Å². The average molecular weight is 468 g/mol. The standard InChI is InChI=1S/C25H16N4O6/c30-20-18(22(32)28(24(34)26-20)16-10-4-1-5-11-16)14-8-3-9-15-19-21(31)27-25(35)29(23(19)33)17-12-6-2-7-13-17/h1-2,4-8,10-15,33H,(H,26,30,34)(H,27,31,35). The predicted molar refractivity (Wildman–Crippen MR) is 126 cm³/mol. The van der Waals surface area contributed by atoms with Gasteiger partial charge in [-0.1, -0.05) is 47.9 Å². The molecule has 3 aromatic rings. The molecule has 1 aromatic heterocycles. The van der Waals surface area contributed by atoms with Crippen molar-refractivity contribution in [3.8, 4) is 11.6 Å². The normalized spacial score (nSPS) is 14.2. The van der Waals surface area contributed by atoms with Gasteiger partial charge in [-0.2, -0.15) is 0 Å². The van der Waals surface area contributed by atoms with Gasteiger partial charge in [0.2, 0.25) is 5.88 Å². The summed E-state index contributed by atoms with van der Waals surface area (Å²) in [4.78, 5) is 64.2. The van der Waals surface area contributed by atoms with Crippen molar-refractivity contribution in [1.29, 1.82) is 0 Å². The highest BCUT2D eigenvalue weighted by Gasteiger charge is 2.36. The second kappa shape index (κ2) is 9.60. The Morgan fingerprint density at radius 2 is 1.46 bits per heavy atom. The third kappa shape index (κ3) is 4.55. The summed E-state index contributed by atoms with van der Waals surface area (Å²) in [5.41, 5.74) is 3.42. The van der Waals surface area contributed by atoms with Gasteiger partial charge in [0.05, 0.1) is 11.4 Å². The number of H-pyrrole nitrogens is 1. The number of aromatic hydroxyl groups is 1. The molecule has 35 heavy (non-hydrogen) atoms. The zero-order valence-electron chi connectivity index (χ0n) is 17.9. The van der Waals surface area contributed by atoms with Crippen molar-refractivity contribution >= 4 is 29.6 Å². The molecule has 0 bridgehead atoms. The van der Waals surface area contributed by atoms with E-state index in [-0.39, 0.29) is 16.8 Å².